The number of hydrogen-bond donors (Lipinski definition) is 0. The van der Waals surface area contributed by atoms with E-state index in [1.54, 1.807) is 12.5 Å². The smallest absolute Gasteiger partial charge is 0.144 e. The van der Waals surface area contributed by atoms with Gasteiger partial charge < -0.3 is 9.30 Å². The number of rotatable bonds is 6. The van der Waals surface area contributed by atoms with Crippen LogP contribution in [0.2, 0.25) is 0 Å². The third-order valence-electron chi connectivity index (χ3n) is 4.24. The molecular formula is C21H20N4O. The predicted molar refractivity (Wildman–Crippen MR) is 101 cm³/mol. The van der Waals surface area contributed by atoms with Gasteiger partial charge in [0.1, 0.15) is 18.2 Å². The minimum Gasteiger partial charge on any atom is -0.492 e. The van der Waals surface area contributed by atoms with E-state index < -0.39 is 0 Å². The van der Waals surface area contributed by atoms with E-state index >= 15 is 0 Å². The molecule has 26 heavy (non-hydrogen) atoms. The van der Waals surface area contributed by atoms with Crippen molar-refractivity contribution in [3.8, 4) is 22.8 Å². The fourth-order valence-electron chi connectivity index (χ4n) is 2.93. The topological polar surface area (TPSA) is 44.9 Å². The van der Waals surface area contributed by atoms with Gasteiger partial charge in [-0.1, -0.05) is 30.3 Å². The normalized spacial score (nSPS) is 10.8. The Morgan fingerprint density at radius 1 is 1.00 bits per heavy atom. The molecule has 0 radical (unpaired) electrons. The lowest BCUT2D eigenvalue weighted by Crippen LogP contribution is -2.06. The summed E-state index contributed by atoms with van der Waals surface area (Å²) in [6.45, 7) is 3.45. The van der Waals surface area contributed by atoms with Gasteiger partial charge in [-0.15, -0.1) is 0 Å². The van der Waals surface area contributed by atoms with E-state index in [4.69, 9.17) is 4.74 Å². The maximum Gasteiger partial charge on any atom is 0.144 e. The van der Waals surface area contributed by atoms with Crippen LogP contribution in [0, 0.1) is 6.92 Å². The van der Waals surface area contributed by atoms with Crippen LogP contribution in [0.4, 0.5) is 0 Å². The fraction of sp³-hybridized carbons (Fsp3) is 0.143. The van der Waals surface area contributed by atoms with Crippen LogP contribution in [0.25, 0.3) is 17.1 Å². The maximum atomic E-state index is 5.82. The molecule has 0 bridgehead atoms. The van der Waals surface area contributed by atoms with E-state index in [0.29, 0.717) is 6.61 Å². The maximum absolute atomic E-state index is 5.82. The number of benzene rings is 2. The summed E-state index contributed by atoms with van der Waals surface area (Å²) in [5.41, 5.74) is 3.26. The van der Waals surface area contributed by atoms with Crippen molar-refractivity contribution in [1.82, 2.24) is 19.1 Å². The first-order chi connectivity index (χ1) is 12.8. The zero-order valence-corrected chi connectivity index (χ0v) is 14.6. The molecule has 5 heteroatoms. The second-order valence-electron chi connectivity index (χ2n) is 6.07. The molecule has 130 valence electrons. The van der Waals surface area contributed by atoms with Gasteiger partial charge in [0, 0.05) is 35.5 Å². The Kier molecular flexibility index (Phi) is 4.51. The van der Waals surface area contributed by atoms with Crippen LogP contribution in [0.3, 0.4) is 0 Å². The second-order valence-corrected chi connectivity index (χ2v) is 6.07. The van der Waals surface area contributed by atoms with E-state index in [1.165, 1.54) is 0 Å². The van der Waals surface area contributed by atoms with Gasteiger partial charge in [-0.3, -0.25) is 4.57 Å². The summed E-state index contributed by atoms with van der Waals surface area (Å²) in [4.78, 5) is 8.61. The number of aromatic nitrogens is 4. The van der Waals surface area contributed by atoms with E-state index in [2.05, 4.69) is 45.7 Å². The lowest BCUT2D eigenvalue weighted by molar-refractivity contribution is 0.298. The quantitative estimate of drug-likeness (QED) is 0.528. The first kappa shape index (κ1) is 16.1. The van der Waals surface area contributed by atoms with E-state index in [0.717, 1.165) is 35.1 Å². The Bertz CT molecular complexity index is 957. The SMILES string of the molecule is Cc1cnc(-c2ccccc2)n1-c1ccc(OCCn2ccnc2)cc1. The van der Waals surface area contributed by atoms with Crippen molar-refractivity contribution in [2.75, 3.05) is 6.61 Å². The summed E-state index contributed by atoms with van der Waals surface area (Å²) in [7, 11) is 0. The largest absolute Gasteiger partial charge is 0.492 e. The molecule has 5 nitrogen and oxygen atoms in total. The van der Waals surface area contributed by atoms with Gasteiger partial charge >= 0.3 is 0 Å². The number of nitrogens with zero attached hydrogens (tertiary/aromatic N) is 4. The highest BCUT2D eigenvalue weighted by atomic mass is 16.5. The Balaban J connectivity index is 1.51. The first-order valence-corrected chi connectivity index (χ1v) is 8.60. The molecule has 0 fully saturated rings. The number of ether oxygens (including phenoxy) is 1. The van der Waals surface area contributed by atoms with Crippen molar-refractivity contribution in [3.63, 3.8) is 0 Å². The molecule has 0 aliphatic heterocycles. The third kappa shape index (κ3) is 3.37. The predicted octanol–water partition coefficient (Wildman–Crippen LogP) is 4.12. The second kappa shape index (κ2) is 7.27. The zero-order valence-electron chi connectivity index (χ0n) is 14.6. The van der Waals surface area contributed by atoms with Crippen molar-refractivity contribution in [2.45, 2.75) is 13.5 Å². The minimum absolute atomic E-state index is 0.606. The molecule has 0 aliphatic rings. The molecular weight excluding hydrogens is 324 g/mol. The molecule has 4 aromatic rings. The Morgan fingerprint density at radius 3 is 2.54 bits per heavy atom. The highest BCUT2D eigenvalue weighted by molar-refractivity contribution is 5.59. The van der Waals surface area contributed by atoms with Crippen LogP contribution in [0.15, 0.2) is 79.5 Å². The highest BCUT2D eigenvalue weighted by Crippen LogP contribution is 2.25. The molecule has 4 rings (SSSR count). The summed E-state index contributed by atoms with van der Waals surface area (Å²) in [6.07, 6.45) is 7.39. The Morgan fingerprint density at radius 2 is 1.81 bits per heavy atom. The minimum atomic E-state index is 0.606. The van der Waals surface area contributed by atoms with Gasteiger partial charge in [0.2, 0.25) is 0 Å². The van der Waals surface area contributed by atoms with E-state index in [-0.39, 0.29) is 0 Å². The lowest BCUT2D eigenvalue weighted by Gasteiger charge is -2.12. The van der Waals surface area contributed by atoms with Crippen molar-refractivity contribution < 1.29 is 4.74 Å². The average Bonchev–Trinajstić information content (AvgIpc) is 3.33. The van der Waals surface area contributed by atoms with Crippen LogP contribution in [-0.4, -0.2) is 25.7 Å². The summed E-state index contributed by atoms with van der Waals surface area (Å²) in [5, 5.41) is 0. The van der Waals surface area contributed by atoms with Crippen LogP contribution in [-0.2, 0) is 6.54 Å². The summed E-state index contributed by atoms with van der Waals surface area (Å²) in [5.74, 6) is 1.80. The summed E-state index contributed by atoms with van der Waals surface area (Å²) < 4.78 is 9.98. The molecule has 0 saturated heterocycles. The third-order valence-corrected chi connectivity index (χ3v) is 4.24. The molecule has 0 N–H and O–H groups in total. The molecule has 0 atom stereocenters. The fourth-order valence-corrected chi connectivity index (χ4v) is 2.93. The number of aryl methyl sites for hydroxylation is 1. The van der Waals surface area contributed by atoms with Crippen LogP contribution in [0.5, 0.6) is 5.75 Å². The molecule has 2 aromatic carbocycles. The van der Waals surface area contributed by atoms with E-state index in [9.17, 15) is 0 Å². The van der Waals surface area contributed by atoms with Crippen LogP contribution >= 0.6 is 0 Å². The molecule has 0 aliphatic carbocycles. The van der Waals surface area contributed by atoms with Gasteiger partial charge in [-0.25, -0.2) is 9.97 Å². The Hall–Kier alpha value is -3.34. The van der Waals surface area contributed by atoms with Gasteiger partial charge in [-0.2, -0.15) is 0 Å². The average molecular weight is 344 g/mol. The van der Waals surface area contributed by atoms with Crippen molar-refractivity contribution in [1.29, 1.82) is 0 Å². The van der Waals surface area contributed by atoms with E-state index in [1.807, 2.05) is 47.3 Å². The number of imidazole rings is 2. The number of hydrogen-bond acceptors (Lipinski definition) is 3. The monoisotopic (exact) mass is 344 g/mol. The van der Waals surface area contributed by atoms with Crippen LogP contribution in [0.1, 0.15) is 5.69 Å². The van der Waals surface area contributed by atoms with Gasteiger partial charge in [0.15, 0.2) is 0 Å². The van der Waals surface area contributed by atoms with Crippen molar-refractivity contribution in [2.24, 2.45) is 0 Å². The first-order valence-electron chi connectivity index (χ1n) is 8.60. The van der Waals surface area contributed by atoms with Crippen LogP contribution < -0.4 is 4.74 Å². The molecule has 0 unspecified atom stereocenters. The zero-order chi connectivity index (χ0) is 17.8. The summed E-state index contributed by atoms with van der Waals surface area (Å²) in [6, 6.07) is 18.3. The standard InChI is InChI=1S/C21H20N4O/c1-17-15-23-21(18-5-3-2-4-6-18)25(17)19-7-9-20(10-8-19)26-14-13-24-12-11-22-16-24/h2-12,15-16H,13-14H2,1H3. The lowest BCUT2D eigenvalue weighted by atomic mass is 10.2. The van der Waals surface area contributed by atoms with Crippen molar-refractivity contribution >= 4 is 0 Å². The molecule has 0 amide bonds. The highest BCUT2D eigenvalue weighted by Gasteiger charge is 2.11. The molecule has 2 heterocycles. The Labute approximate surface area is 152 Å². The van der Waals surface area contributed by atoms with Gasteiger partial charge in [-0.05, 0) is 31.2 Å². The van der Waals surface area contributed by atoms with Gasteiger partial charge in [0.05, 0.1) is 12.9 Å². The molecule has 2 aromatic heterocycles. The van der Waals surface area contributed by atoms with Crippen molar-refractivity contribution in [3.05, 3.63) is 85.2 Å². The summed E-state index contributed by atoms with van der Waals surface area (Å²) >= 11 is 0. The molecule has 0 saturated carbocycles. The molecule has 0 spiro atoms. The van der Waals surface area contributed by atoms with Gasteiger partial charge in [0.25, 0.3) is 0 Å².